The van der Waals surface area contributed by atoms with Crippen LogP contribution in [0, 0.1) is 11.8 Å². The molecule has 0 atom stereocenters. The van der Waals surface area contributed by atoms with Gasteiger partial charge >= 0.3 is 6.09 Å². The lowest BCUT2D eigenvalue weighted by Crippen LogP contribution is -3.00. The average Bonchev–Trinajstić information content (AvgIpc) is 3.58. The van der Waals surface area contributed by atoms with Crippen molar-refractivity contribution >= 4 is 6.09 Å². The van der Waals surface area contributed by atoms with Gasteiger partial charge < -0.3 is 53.0 Å². The van der Waals surface area contributed by atoms with Crippen LogP contribution in [0.3, 0.4) is 0 Å². The summed E-state index contributed by atoms with van der Waals surface area (Å²) in [6.45, 7) is 14.2. The normalized spacial score (nSPS) is 24.4. The Bertz CT molecular complexity index is 625. The Morgan fingerprint density at radius 3 is 1.48 bits per heavy atom. The van der Waals surface area contributed by atoms with Gasteiger partial charge in [-0.2, -0.15) is 0 Å². The summed E-state index contributed by atoms with van der Waals surface area (Å²) < 4.78 is 9.00. The molecule has 4 heterocycles. The standard InChI is InChI=1S/C33H62N3O2.2BrH/c1-2-3-4-5-6-7-8-9-10-19-34-33(37)38-32(28-30-15-24-35(25-16-30)20-11-12-21-35)29-31-17-26-36(27-18-31)22-13-14-23-36;;/h30-32H,2-29H2,1H3;2*1H/q+1;;/p-1. The highest BCUT2D eigenvalue weighted by Gasteiger charge is 2.39. The Morgan fingerprint density at radius 1 is 0.650 bits per heavy atom. The fourth-order valence-electron chi connectivity index (χ4n) is 8.47. The SMILES string of the molecule is CCCCCCCCCCCNC(=O)OC(CC1CC[N+]2(CCCC2)CC1)CC1CC[N+]2(CCCC2)CC1.[Br-].[Br-]. The van der Waals surface area contributed by atoms with E-state index in [4.69, 9.17) is 4.74 Å². The van der Waals surface area contributed by atoms with Crippen LogP contribution in [0.5, 0.6) is 0 Å². The maximum atomic E-state index is 12.8. The van der Waals surface area contributed by atoms with E-state index in [1.807, 2.05) is 0 Å². The van der Waals surface area contributed by atoms with E-state index < -0.39 is 0 Å². The van der Waals surface area contributed by atoms with Crippen LogP contribution in [0.2, 0.25) is 0 Å². The fraction of sp³-hybridized carbons (Fsp3) is 0.970. The van der Waals surface area contributed by atoms with Crippen molar-refractivity contribution in [1.82, 2.24) is 5.32 Å². The Labute approximate surface area is 268 Å². The molecule has 0 unspecified atom stereocenters. The van der Waals surface area contributed by atoms with Crippen molar-refractivity contribution in [2.45, 2.75) is 135 Å². The smallest absolute Gasteiger partial charge is 0.407 e. The number of carbonyl (C=O) groups is 1. The van der Waals surface area contributed by atoms with Crippen LogP contribution in [0.15, 0.2) is 0 Å². The molecule has 0 aromatic heterocycles. The van der Waals surface area contributed by atoms with E-state index >= 15 is 0 Å². The van der Waals surface area contributed by atoms with Crippen molar-refractivity contribution in [2.75, 3.05) is 58.9 Å². The van der Waals surface area contributed by atoms with Gasteiger partial charge in [-0.1, -0.05) is 58.3 Å². The maximum Gasteiger partial charge on any atom is 0.407 e. The molecule has 4 aliphatic heterocycles. The summed E-state index contributed by atoms with van der Waals surface area (Å²) in [5.41, 5.74) is 0. The lowest BCUT2D eigenvalue weighted by molar-refractivity contribution is -0.922. The number of rotatable bonds is 15. The summed E-state index contributed by atoms with van der Waals surface area (Å²) in [6, 6.07) is 0. The van der Waals surface area contributed by atoms with E-state index in [0.29, 0.717) is 0 Å². The molecule has 0 aromatic rings. The maximum absolute atomic E-state index is 12.8. The molecule has 4 fully saturated rings. The number of quaternary nitrogens is 2. The Hall–Kier alpha value is 0.150. The molecule has 0 aliphatic carbocycles. The molecule has 2 spiro atoms. The molecule has 4 saturated heterocycles. The van der Waals surface area contributed by atoms with Gasteiger partial charge in [-0.15, -0.1) is 0 Å². The second-order valence-electron chi connectivity index (χ2n) is 14.0. The largest absolute Gasteiger partial charge is 1.00 e. The zero-order valence-corrected chi connectivity index (χ0v) is 29.2. The molecule has 40 heavy (non-hydrogen) atoms. The Morgan fingerprint density at radius 2 is 1.05 bits per heavy atom. The summed E-state index contributed by atoms with van der Waals surface area (Å²) in [5.74, 6) is 1.49. The van der Waals surface area contributed by atoms with Gasteiger partial charge in [0.05, 0.1) is 52.4 Å². The molecular weight excluding hydrogens is 630 g/mol. The van der Waals surface area contributed by atoms with E-state index in [2.05, 4.69) is 12.2 Å². The summed E-state index contributed by atoms with van der Waals surface area (Å²) in [7, 11) is 0. The highest BCUT2D eigenvalue weighted by atomic mass is 79.9. The number of alkyl carbamates (subject to hydrolysis) is 1. The van der Waals surface area contributed by atoms with Crippen molar-refractivity contribution in [1.29, 1.82) is 0 Å². The van der Waals surface area contributed by atoms with Crippen molar-refractivity contribution < 1.29 is 52.5 Å². The second kappa shape index (κ2) is 19.4. The summed E-state index contributed by atoms with van der Waals surface area (Å²) >= 11 is 0. The zero-order chi connectivity index (χ0) is 26.5. The molecule has 4 aliphatic rings. The summed E-state index contributed by atoms with van der Waals surface area (Å²) in [4.78, 5) is 12.8. The predicted octanol–water partition coefficient (Wildman–Crippen LogP) is 1.44. The van der Waals surface area contributed by atoms with Gasteiger partial charge in [0, 0.05) is 32.2 Å². The lowest BCUT2D eigenvalue weighted by Gasteiger charge is -2.42. The number of halogens is 2. The van der Waals surface area contributed by atoms with Crippen molar-refractivity contribution in [2.24, 2.45) is 11.8 Å². The average molecular weight is 694 g/mol. The first-order chi connectivity index (χ1) is 18.6. The number of nitrogens with zero attached hydrogens (tertiary/aromatic N) is 2. The van der Waals surface area contributed by atoms with Gasteiger partial charge in [-0.3, -0.25) is 0 Å². The highest BCUT2D eigenvalue weighted by molar-refractivity contribution is 5.67. The summed E-state index contributed by atoms with van der Waals surface area (Å²) in [5, 5.41) is 3.12. The fourth-order valence-corrected chi connectivity index (χ4v) is 8.47. The first-order valence-corrected chi connectivity index (χ1v) is 17.3. The van der Waals surface area contributed by atoms with E-state index in [9.17, 15) is 4.79 Å². The third-order valence-corrected chi connectivity index (χ3v) is 11.1. The molecule has 0 aromatic carbocycles. The van der Waals surface area contributed by atoms with Crippen molar-refractivity contribution in [3.8, 4) is 0 Å². The number of hydrogen-bond donors (Lipinski definition) is 1. The first kappa shape index (κ1) is 36.3. The minimum Gasteiger partial charge on any atom is -1.00 e. The third kappa shape index (κ3) is 12.0. The lowest BCUT2D eigenvalue weighted by atomic mass is 9.84. The third-order valence-electron chi connectivity index (χ3n) is 11.1. The molecular formula is C33H63Br2N3O2. The van der Waals surface area contributed by atoms with Gasteiger partial charge in [-0.05, 0) is 56.8 Å². The van der Waals surface area contributed by atoms with Gasteiger partial charge in [0.2, 0.25) is 0 Å². The molecule has 0 radical (unpaired) electrons. The number of amides is 1. The van der Waals surface area contributed by atoms with E-state index in [-0.39, 0.29) is 46.2 Å². The number of hydrogen-bond acceptors (Lipinski definition) is 2. The molecule has 236 valence electrons. The molecule has 5 nitrogen and oxygen atoms in total. The monoisotopic (exact) mass is 691 g/mol. The number of unbranched alkanes of at least 4 members (excludes halogenated alkanes) is 8. The van der Waals surface area contributed by atoms with E-state index in [1.54, 1.807) is 0 Å². The molecule has 7 heteroatoms. The highest BCUT2D eigenvalue weighted by Crippen LogP contribution is 2.35. The molecule has 1 N–H and O–H groups in total. The quantitative estimate of drug-likeness (QED) is 0.209. The van der Waals surface area contributed by atoms with Crippen LogP contribution in [0.4, 0.5) is 4.79 Å². The van der Waals surface area contributed by atoms with Crippen LogP contribution < -0.4 is 39.3 Å². The minimum atomic E-state index is -0.146. The van der Waals surface area contributed by atoms with Crippen molar-refractivity contribution in [3.63, 3.8) is 0 Å². The Kier molecular flexibility index (Phi) is 17.7. The van der Waals surface area contributed by atoms with Crippen LogP contribution >= 0.6 is 0 Å². The van der Waals surface area contributed by atoms with Gasteiger partial charge in [0.1, 0.15) is 6.10 Å². The Balaban J connectivity index is 0.00000280. The van der Waals surface area contributed by atoms with Crippen LogP contribution in [0.1, 0.15) is 129 Å². The zero-order valence-electron chi connectivity index (χ0n) is 26.0. The second-order valence-corrected chi connectivity index (χ2v) is 14.0. The van der Waals surface area contributed by atoms with Crippen LogP contribution in [-0.4, -0.2) is 80.1 Å². The molecule has 0 bridgehead atoms. The number of carbonyl (C=O) groups excluding carboxylic acids is 1. The predicted molar refractivity (Wildman–Crippen MR) is 158 cm³/mol. The van der Waals surface area contributed by atoms with E-state index in [1.165, 1.54) is 164 Å². The number of piperidine rings is 2. The molecule has 1 amide bonds. The van der Waals surface area contributed by atoms with Gasteiger partial charge in [0.15, 0.2) is 0 Å². The van der Waals surface area contributed by atoms with E-state index in [0.717, 1.165) is 37.6 Å². The molecule has 0 saturated carbocycles. The van der Waals surface area contributed by atoms with Crippen LogP contribution in [-0.2, 0) is 4.74 Å². The number of nitrogens with one attached hydrogen (secondary N) is 1. The molecule has 4 rings (SSSR count). The first-order valence-electron chi connectivity index (χ1n) is 17.3. The van der Waals surface area contributed by atoms with Gasteiger partial charge in [-0.25, -0.2) is 4.79 Å². The topological polar surface area (TPSA) is 38.3 Å². The van der Waals surface area contributed by atoms with Crippen LogP contribution in [0.25, 0.3) is 0 Å². The number of ether oxygens (including phenoxy) is 1. The minimum absolute atomic E-state index is 0. The van der Waals surface area contributed by atoms with Crippen molar-refractivity contribution in [3.05, 3.63) is 0 Å². The summed E-state index contributed by atoms with van der Waals surface area (Å²) in [6.07, 6.45) is 25.1. The van der Waals surface area contributed by atoms with Gasteiger partial charge in [0.25, 0.3) is 0 Å².